The van der Waals surface area contributed by atoms with Gasteiger partial charge in [0.1, 0.15) is 6.61 Å². The minimum Gasteiger partial charge on any atom is -0.478 e. The molecule has 45 heavy (non-hydrogen) atoms. The molecule has 0 heterocycles. The van der Waals surface area contributed by atoms with E-state index in [9.17, 15) is 19.2 Å². The number of carboxylic acid groups (broad SMARTS) is 1. The van der Waals surface area contributed by atoms with Crippen LogP contribution in [0.4, 0.5) is 0 Å². The molecule has 0 aromatic heterocycles. The highest BCUT2D eigenvalue weighted by Crippen LogP contribution is 2.22. The Labute approximate surface area is 274 Å². The second kappa shape index (κ2) is 32.2. The number of carboxylic acids is 1. The van der Waals surface area contributed by atoms with Crippen molar-refractivity contribution in [1.29, 1.82) is 0 Å². The van der Waals surface area contributed by atoms with Gasteiger partial charge in [0.25, 0.3) is 0 Å². The molecule has 0 aliphatic carbocycles. The molecule has 0 saturated heterocycles. The zero-order valence-electron chi connectivity index (χ0n) is 29.9. The lowest BCUT2D eigenvalue weighted by atomic mass is 9.88. The predicted octanol–water partition coefficient (Wildman–Crippen LogP) is 8.58. The molecule has 0 rings (SSSR count). The minimum absolute atomic E-state index is 0.0233. The van der Waals surface area contributed by atoms with E-state index < -0.39 is 5.97 Å². The molecule has 0 fully saturated rings. The van der Waals surface area contributed by atoms with E-state index in [1.807, 2.05) is 20.8 Å². The lowest BCUT2D eigenvalue weighted by Crippen LogP contribution is -2.11. The standard InChI is InChI=1S/C10H18O3.C10H18O2.2C8H14O2/c1-4-5-6-12-7-8-13-10(11)9(2)3;1-4-5-6-7-8-12-10(11)9(2)3;1-6(7(9)10)5-8(2,3)4;1-4-5-6-10-8(9)7(2)3/h2,4-8H2,1,3H3;2,4-8H2,1,3H3;1,5H2,2-4H3,(H,9,10);2,4-6H2,1,3H3. The first-order valence-electron chi connectivity index (χ1n) is 15.8. The highest BCUT2D eigenvalue weighted by atomic mass is 16.6. The van der Waals surface area contributed by atoms with Crippen molar-refractivity contribution in [2.45, 2.75) is 120 Å². The summed E-state index contributed by atoms with van der Waals surface area (Å²) in [4.78, 5) is 42.7. The Bertz CT molecular complexity index is 879. The first-order chi connectivity index (χ1) is 20.9. The van der Waals surface area contributed by atoms with Crippen LogP contribution in [0.5, 0.6) is 0 Å². The average molecular weight is 641 g/mol. The van der Waals surface area contributed by atoms with Crippen molar-refractivity contribution in [2.75, 3.05) is 33.0 Å². The van der Waals surface area contributed by atoms with E-state index in [1.165, 1.54) is 12.8 Å². The van der Waals surface area contributed by atoms with Crippen molar-refractivity contribution in [1.82, 2.24) is 0 Å². The van der Waals surface area contributed by atoms with Crippen LogP contribution in [-0.4, -0.2) is 62.0 Å². The summed E-state index contributed by atoms with van der Waals surface area (Å²) in [5.74, 6) is -1.80. The predicted molar refractivity (Wildman–Crippen MR) is 183 cm³/mol. The fraction of sp³-hybridized carbons (Fsp3) is 0.667. The highest BCUT2D eigenvalue weighted by Gasteiger charge is 2.15. The van der Waals surface area contributed by atoms with Crippen molar-refractivity contribution < 1.29 is 43.2 Å². The average Bonchev–Trinajstić information content (AvgIpc) is 2.94. The van der Waals surface area contributed by atoms with Gasteiger partial charge in [-0.25, -0.2) is 19.2 Å². The van der Waals surface area contributed by atoms with E-state index in [0.717, 1.165) is 45.1 Å². The molecular weight excluding hydrogens is 576 g/mol. The topological polar surface area (TPSA) is 125 Å². The van der Waals surface area contributed by atoms with Crippen molar-refractivity contribution in [3.63, 3.8) is 0 Å². The number of esters is 3. The Morgan fingerprint density at radius 3 is 1.27 bits per heavy atom. The maximum absolute atomic E-state index is 10.9. The van der Waals surface area contributed by atoms with Gasteiger partial charge in [0, 0.05) is 28.9 Å². The number of aliphatic carboxylic acids is 1. The number of carbonyl (C=O) groups excluding carboxylic acids is 3. The quantitative estimate of drug-likeness (QED) is 0.0639. The van der Waals surface area contributed by atoms with Crippen LogP contribution in [0.2, 0.25) is 0 Å². The molecule has 9 nitrogen and oxygen atoms in total. The van der Waals surface area contributed by atoms with Crippen LogP contribution in [0.15, 0.2) is 48.6 Å². The van der Waals surface area contributed by atoms with Gasteiger partial charge in [0.2, 0.25) is 0 Å². The van der Waals surface area contributed by atoms with Crippen molar-refractivity contribution in [3.05, 3.63) is 48.6 Å². The number of rotatable bonds is 19. The van der Waals surface area contributed by atoms with E-state index in [-0.39, 0.29) is 28.9 Å². The number of unbranched alkanes of at least 4 members (excludes halogenated alkanes) is 5. The molecule has 0 aromatic rings. The Morgan fingerprint density at radius 1 is 0.556 bits per heavy atom. The largest absolute Gasteiger partial charge is 0.478 e. The molecular formula is C36H64O9. The summed E-state index contributed by atoms with van der Waals surface area (Å²) in [6, 6.07) is 0. The van der Waals surface area contributed by atoms with Gasteiger partial charge in [-0.05, 0) is 51.9 Å². The molecule has 0 spiro atoms. The number of hydrogen-bond acceptors (Lipinski definition) is 8. The normalized spacial score (nSPS) is 9.80. The first kappa shape index (κ1) is 48.7. The Balaban J connectivity index is -0.000000251. The van der Waals surface area contributed by atoms with Crippen LogP contribution in [-0.2, 0) is 38.1 Å². The second-order valence-corrected chi connectivity index (χ2v) is 11.8. The van der Waals surface area contributed by atoms with E-state index in [0.29, 0.717) is 49.6 Å². The first-order valence-corrected chi connectivity index (χ1v) is 15.8. The number of carbonyl (C=O) groups is 4. The van der Waals surface area contributed by atoms with E-state index in [1.54, 1.807) is 20.8 Å². The molecule has 0 unspecified atom stereocenters. The molecule has 0 amide bonds. The third-order valence-corrected chi connectivity index (χ3v) is 5.16. The van der Waals surface area contributed by atoms with Gasteiger partial charge in [0.15, 0.2) is 0 Å². The van der Waals surface area contributed by atoms with Gasteiger partial charge >= 0.3 is 23.9 Å². The van der Waals surface area contributed by atoms with E-state index in [4.69, 9.17) is 24.1 Å². The van der Waals surface area contributed by atoms with Gasteiger partial charge in [-0.3, -0.25) is 0 Å². The Morgan fingerprint density at radius 2 is 0.933 bits per heavy atom. The van der Waals surface area contributed by atoms with Crippen LogP contribution < -0.4 is 0 Å². The summed E-state index contributed by atoms with van der Waals surface area (Å²) >= 11 is 0. The highest BCUT2D eigenvalue weighted by molar-refractivity contribution is 5.87. The van der Waals surface area contributed by atoms with Gasteiger partial charge in [-0.2, -0.15) is 0 Å². The number of ether oxygens (including phenoxy) is 4. The summed E-state index contributed by atoms with van der Waals surface area (Å²) in [5.41, 5.74) is 1.68. The van der Waals surface area contributed by atoms with Gasteiger partial charge in [-0.1, -0.05) is 100.0 Å². The van der Waals surface area contributed by atoms with Crippen LogP contribution in [0.1, 0.15) is 120 Å². The Hall–Kier alpha value is -3.20. The van der Waals surface area contributed by atoms with E-state index in [2.05, 4.69) is 47.1 Å². The molecule has 262 valence electrons. The summed E-state index contributed by atoms with van der Waals surface area (Å²) in [6.45, 7) is 33.6. The van der Waals surface area contributed by atoms with Gasteiger partial charge < -0.3 is 24.1 Å². The SMILES string of the molecule is C=C(C)C(=O)OCCCC.C=C(C)C(=O)OCCCCCC.C=C(C)C(=O)OCCOCCCC.C=C(CC(C)(C)C)C(=O)O. The second-order valence-electron chi connectivity index (χ2n) is 11.8. The lowest BCUT2D eigenvalue weighted by molar-refractivity contribution is -0.141. The maximum atomic E-state index is 10.9. The van der Waals surface area contributed by atoms with Crippen molar-refractivity contribution >= 4 is 23.9 Å². The molecule has 0 bridgehead atoms. The molecule has 1 N–H and O–H groups in total. The third kappa shape index (κ3) is 43.0. The summed E-state index contributed by atoms with van der Waals surface area (Å²) < 4.78 is 19.7. The molecule has 0 aliphatic rings. The van der Waals surface area contributed by atoms with Crippen LogP contribution in [0.3, 0.4) is 0 Å². The molecule has 0 aliphatic heterocycles. The molecule has 0 radical (unpaired) electrons. The summed E-state index contributed by atoms with van der Waals surface area (Å²) in [5, 5.41) is 8.45. The number of hydrogen-bond donors (Lipinski definition) is 1. The van der Waals surface area contributed by atoms with Crippen molar-refractivity contribution in [2.24, 2.45) is 5.41 Å². The van der Waals surface area contributed by atoms with E-state index >= 15 is 0 Å². The smallest absolute Gasteiger partial charge is 0.333 e. The maximum Gasteiger partial charge on any atom is 0.333 e. The van der Waals surface area contributed by atoms with Gasteiger partial charge in [0.05, 0.1) is 19.8 Å². The molecule has 0 saturated carbocycles. The van der Waals surface area contributed by atoms with Crippen LogP contribution >= 0.6 is 0 Å². The van der Waals surface area contributed by atoms with Crippen molar-refractivity contribution in [3.8, 4) is 0 Å². The fourth-order valence-electron chi connectivity index (χ4n) is 2.63. The lowest BCUT2D eigenvalue weighted by Gasteiger charge is -2.17. The molecule has 9 heteroatoms. The van der Waals surface area contributed by atoms with Gasteiger partial charge in [-0.15, -0.1) is 0 Å². The monoisotopic (exact) mass is 640 g/mol. The molecule has 0 aromatic carbocycles. The van der Waals surface area contributed by atoms with Crippen LogP contribution in [0, 0.1) is 5.41 Å². The third-order valence-electron chi connectivity index (χ3n) is 5.16. The summed E-state index contributed by atoms with van der Waals surface area (Å²) in [6.07, 6.45) is 9.21. The Kier molecular flexibility index (Phi) is 34.8. The summed E-state index contributed by atoms with van der Waals surface area (Å²) in [7, 11) is 0. The van der Waals surface area contributed by atoms with Crippen LogP contribution in [0.25, 0.3) is 0 Å². The molecule has 0 atom stereocenters. The zero-order valence-corrected chi connectivity index (χ0v) is 29.9. The zero-order chi connectivity index (χ0) is 35.8. The minimum atomic E-state index is -0.894. The fourth-order valence-corrected chi connectivity index (χ4v) is 2.63.